The number of carbonyl (C=O) groups is 1. The second-order valence-corrected chi connectivity index (χ2v) is 11.0. The van der Waals surface area contributed by atoms with Gasteiger partial charge in [-0.15, -0.1) is 0 Å². The molecule has 202 valence electrons. The number of carbonyl (C=O) groups excluding carboxylic acids is 1. The van der Waals surface area contributed by atoms with Crippen molar-refractivity contribution in [3.63, 3.8) is 0 Å². The van der Waals surface area contributed by atoms with Gasteiger partial charge in [0.15, 0.2) is 0 Å². The fourth-order valence-corrected chi connectivity index (χ4v) is 4.88. The Kier molecular flexibility index (Phi) is 26.2. The third-order valence-corrected chi connectivity index (χ3v) is 7.29. The maximum Gasteiger partial charge on any atom is 0.246 e. The summed E-state index contributed by atoms with van der Waals surface area (Å²) in [6.45, 7) is 10.2. The highest BCUT2D eigenvalue weighted by atomic mass is 16.1. The highest BCUT2D eigenvalue weighted by Gasteiger charge is 2.12. The molecule has 0 aliphatic heterocycles. The molecule has 0 saturated heterocycles. The third-order valence-electron chi connectivity index (χ3n) is 7.29. The van der Waals surface area contributed by atoms with Gasteiger partial charge in [0.1, 0.15) is 0 Å². The first-order chi connectivity index (χ1) is 16.6. The van der Waals surface area contributed by atoms with Gasteiger partial charge in [-0.3, -0.25) is 4.79 Å². The lowest BCUT2D eigenvalue weighted by atomic mass is 9.99. The molecule has 0 aliphatic carbocycles. The van der Waals surface area contributed by atoms with Crippen LogP contribution in [0.25, 0.3) is 0 Å². The van der Waals surface area contributed by atoms with Crippen molar-refractivity contribution in [2.24, 2.45) is 0 Å². The van der Waals surface area contributed by atoms with Gasteiger partial charge in [-0.25, -0.2) is 0 Å². The van der Waals surface area contributed by atoms with Crippen molar-refractivity contribution < 1.29 is 4.79 Å². The third kappa shape index (κ3) is 24.3. The Hall–Kier alpha value is -0.790. The smallest absolute Gasteiger partial charge is 0.246 e. The minimum atomic E-state index is 0.0482. The summed E-state index contributed by atoms with van der Waals surface area (Å²) in [5.74, 6) is 0.0482. The SMILES string of the molecule is C=C(C)C(=O)NC(CCCCCCCCCCCCC)CCCCCCCCCCCCCC. The molecule has 2 heteroatoms. The summed E-state index contributed by atoms with van der Waals surface area (Å²) in [7, 11) is 0. The van der Waals surface area contributed by atoms with Crippen LogP contribution in [-0.4, -0.2) is 11.9 Å². The van der Waals surface area contributed by atoms with Gasteiger partial charge in [-0.05, 0) is 19.8 Å². The summed E-state index contributed by atoms with van der Waals surface area (Å²) in [6, 6.07) is 0.339. The molecule has 0 spiro atoms. The Morgan fingerprint density at radius 2 is 0.794 bits per heavy atom. The fourth-order valence-electron chi connectivity index (χ4n) is 4.88. The fraction of sp³-hybridized carbons (Fsp3) is 0.906. The van der Waals surface area contributed by atoms with Crippen molar-refractivity contribution in [2.45, 2.75) is 187 Å². The van der Waals surface area contributed by atoms with Crippen molar-refractivity contribution in [3.8, 4) is 0 Å². The van der Waals surface area contributed by atoms with Gasteiger partial charge in [0.2, 0.25) is 5.91 Å². The van der Waals surface area contributed by atoms with Crippen LogP contribution in [0.5, 0.6) is 0 Å². The molecule has 1 amide bonds. The van der Waals surface area contributed by atoms with Crippen LogP contribution >= 0.6 is 0 Å². The molecule has 0 aromatic rings. The second kappa shape index (κ2) is 26.8. The molecule has 1 N–H and O–H groups in total. The molecule has 0 aromatic carbocycles. The molecule has 2 nitrogen and oxygen atoms in total. The van der Waals surface area contributed by atoms with Crippen LogP contribution in [-0.2, 0) is 4.79 Å². The van der Waals surface area contributed by atoms with E-state index in [1.807, 2.05) is 6.92 Å². The lowest BCUT2D eigenvalue weighted by Crippen LogP contribution is -2.35. The quantitative estimate of drug-likeness (QED) is 0.0924. The first kappa shape index (κ1) is 33.2. The molecule has 1 unspecified atom stereocenters. The zero-order valence-electron chi connectivity index (χ0n) is 23.9. The highest BCUT2D eigenvalue weighted by Crippen LogP contribution is 2.17. The van der Waals surface area contributed by atoms with Crippen LogP contribution in [0.1, 0.15) is 181 Å². The molecular formula is C32H63NO. The van der Waals surface area contributed by atoms with Crippen LogP contribution in [0, 0.1) is 0 Å². The monoisotopic (exact) mass is 477 g/mol. The van der Waals surface area contributed by atoms with E-state index < -0.39 is 0 Å². The number of nitrogens with one attached hydrogen (secondary N) is 1. The normalized spacial score (nSPS) is 12.1. The van der Waals surface area contributed by atoms with Crippen LogP contribution in [0.2, 0.25) is 0 Å². The summed E-state index contributed by atoms with van der Waals surface area (Å²) in [5, 5.41) is 3.25. The number of rotatable bonds is 27. The van der Waals surface area contributed by atoms with Gasteiger partial charge < -0.3 is 5.32 Å². The lowest BCUT2D eigenvalue weighted by Gasteiger charge is -2.19. The molecule has 0 fully saturated rings. The van der Waals surface area contributed by atoms with Gasteiger partial charge in [0.05, 0.1) is 0 Å². The van der Waals surface area contributed by atoms with Crippen molar-refractivity contribution in [3.05, 3.63) is 12.2 Å². The van der Waals surface area contributed by atoms with Gasteiger partial charge in [0, 0.05) is 11.6 Å². The Morgan fingerprint density at radius 3 is 1.06 bits per heavy atom. The van der Waals surface area contributed by atoms with Crippen LogP contribution in [0.15, 0.2) is 12.2 Å². The maximum absolute atomic E-state index is 12.2. The van der Waals surface area contributed by atoms with Gasteiger partial charge >= 0.3 is 0 Å². The van der Waals surface area contributed by atoms with E-state index >= 15 is 0 Å². The molecular weight excluding hydrogens is 414 g/mol. The summed E-state index contributed by atoms with van der Waals surface area (Å²) < 4.78 is 0. The zero-order chi connectivity index (χ0) is 25.1. The highest BCUT2D eigenvalue weighted by molar-refractivity contribution is 5.92. The van der Waals surface area contributed by atoms with E-state index in [9.17, 15) is 4.79 Å². The first-order valence-corrected chi connectivity index (χ1v) is 15.6. The van der Waals surface area contributed by atoms with Crippen LogP contribution in [0.3, 0.4) is 0 Å². The van der Waals surface area contributed by atoms with Gasteiger partial charge in [-0.1, -0.05) is 168 Å². The number of amides is 1. The lowest BCUT2D eigenvalue weighted by molar-refractivity contribution is -0.118. The Morgan fingerprint density at radius 1 is 0.529 bits per heavy atom. The Labute approximate surface area is 215 Å². The summed E-state index contributed by atoms with van der Waals surface area (Å²) >= 11 is 0. The first-order valence-electron chi connectivity index (χ1n) is 15.6. The second-order valence-electron chi connectivity index (χ2n) is 11.0. The molecule has 0 aromatic heterocycles. The number of hydrogen-bond donors (Lipinski definition) is 1. The summed E-state index contributed by atoms with van der Waals surface area (Å²) in [6.07, 6.45) is 34.0. The minimum absolute atomic E-state index is 0.0482. The minimum Gasteiger partial charge on any atom is -0.350 e. The Bertz CT molecular complexity index is 444. The topological polar surface area (TPSA) is 29.1 Å². The van der Waals surface area contributed by atoms with E-state index in [0.717, 1.165) is 12.8 Å². The van der Waals surface area contributed by atoms with E-state index in [-0.39, 0.29) is 5.91 Å². The average molecular weight is 478 g/mol. The van der Waals surface area contributed by atoms with Crippen molar-refractivity contribution >= 4 is 5.91 Å². The van der Waals surface area contributed by atoms with E-state index in [0.29, 0.717) is 11.6 Å². The van der Waals surface area contributed by atoms with E-state index in [1.54, 1.807) is 0 Å². The van der Waals surface area contributed by atoms with Crippen molar-refractivity contribution in [1.29, 1.82) is 0 Å². The predicted octanol–water partition coefficient (Wildman–Crippen LogP) is 10.8. The molecule has 0 radical (unpaired) electrons. The number of hydrogen-bond acceptors (Lipinski definition) is 1. The maximum atomic E-state index is 12.2. The standard InChI is InChI=1S/C32H63NO/c1-5-7-9-11-13-15-17-19-21-23-25-27-29-31(33-32(34)30(3)4)28-26-24-22-20-18-16-14-12-10-8-6-2/h31H,3,5-29H2,1-2,4H3,(H,33,34). The molecule has 1 atom stereocenters. The summed E-state index contributed by atoms with van der Waals surface area (Å²) in [4.78, 5) is 12.2. The van der Waals surface area contributed by atoms with E-state index in [1.165, 1.54) is 148 Å². The molecule has 0 rings (SSSR count). The largest absolute Gasteiger partial charge is 0.350 e. The molecule has 0 heterocycles. The summed E-state index contributed by atoms with van der Waals surface area (Å²) in [5.41, 5.74) is 0.638. The number of unbranched alkanes of at least 4 members (excludes halogenated alkanes) is 21. The van der Waals surface area contributed by atoms with Crippen molar-refractivity contribution in [2.75, 3.05) is 0 Å². The van der Waals surface area contributed by atoms with Gasteiger partial charge in [0.25, 0.3) is 0 Å². The van der Waals surface area contributed by atoms with Crippen molar-refractivity contribution in [1.82, 2.24) is 5.32 Å². The molecule has 0 saturated carbocycles. The molecule has 34 heavy (non-hydrogen) atoms. The van der Waals surface area contributed by atoms with E-state index in [2.05, 4.69) is 25.7 Å². The Balaban J connectivity index is 3.77. The van der Waals surface area contributed by atoms with Gasteiger partial charge in [-0.2, -0.15) is 0 Å². The van der Waals surface area contributed by atoms with Crippen LogP contribution < -0.4 is 5.32 Å². The molecule has 0 bridgehead atoms. The molecule has 0 aliphatic rings. The average Bonchev–Trinajstić information content (AvgIpc) is 2.82. The predicted molar refractivity (Wildman–Crippen MR) is 154 cm³/mol. The van der Waals surface area contributed by atoms with Crippen LogP contribution in [0.4, 0.5) is 0 Å². The zero-order valence-corrected chi connectivity index (χ0v) is 23.9. The van der Waals surface area contributed by atoms with E-state index in [4.69, 9.17) is 0 Å².